The second-order valence-corrected chi connectivity index (χ2v) is 7.61. The van der Waals surface area contributed by atoms with E-state index < -0.39 is 34.7 Å². The molecule has 3 aromatic rings. The van der Waals surface area contributed by atoms with E-state index in [4.69, 9.17) is 0 Å². The molecule has 0 unspecified atom stereocenters. The van der Waals surface area contributed by atoms with Crippen LogP contribution in [0.15, 0.2) is 48.5 Å². The van der Waals surface area contributed by atoms with Crippen molar-refractivity contribution in [2.75, 3.05) is 6.54 Å². The van der Waals surface area contributed by atoms with Crippen molar-refractivity contribution in [2.45, 2.75) is 32.4 Å². The normalized spacial score (nSPS) is 12.1. The Hall–Kier alpha value is -3.23. The molecule has 0 aliphatic carbocycles. The number of nitrogens with one attached hydrogen (secondary N) is 1. The van der Waals surface area contributed by atoms with E-state index >= 15 is 0 Å². The minimum atomic E-state index is -4.92. The number of carbonyl (C=O) groups is 1. The molecule has 0 fully saturated rings. The van der Waals surface area contributed by atoms with Crippen LogP contribution in [0.4, 0.5) is 17.6 Å². The van der Waals surface area contributed by atoms with Crippen molar-refractivity contribution in [2.24, 2.45) is 0 Å². The van der Waals surface area contributed by atoms with E-state index in [1.807, 2.05) is 45.0 Å². The van der Waals surface area contributed by atoms with Gasteiger partial charge in [-0.3, -0.25) is 4.79 Å². The number of amides is 1. The lowest BCUT2D eigenvalue weighted by Crippen LogP contribution is -2.37. The number of aromatic nitrogens is 3. The highest BCUT2D eigenvalue weighted by Gasteiger charge is 2.42. The summed E-state index contributed by atoms with van der Waals surface area (Å²) < 4.78 is 55.0. The first-order valence-electron chi connectivity index (χ1n) is 9.13. The van der Waals surface area contributed by atoms with Gasteiger partial charge in [0.25, 0.3) is 5.91 Å². The molecule has 0 saturated carbocycles. The molecule has 0 saturated heterocycles. The van der Waals surface area contributed by atoms with Gasteiger partial charge in [-0.05, 0) is 30.7 Å². The second-order valence-electron chi connectivity index (χ2n) is 7.61. The molecular formula is C21H20F4N4O. The van der Waals surface area contributed by atoms with Crippen molar-refractivity contribution in [3.8, 4) is 5.69 Å². The van der Waals surface area contributed by atoms with Crippen molar-refractivity contribution in [3.63, 3.8) is 0 Å². The molecule has 0 atom stereocenters. The molecule has 5 nitrogen and oxygen atoms in total. The topological polar surface area (TPSA) is 59.8 Å². The first-order valence-corrected chi connectivity index (χ1v) is 9.13. The van der Waals surface area contributed by atoms with Crippen LogP contribution in [0.25, 0.3) is 5.69 Å². The molecule has 0 aliphatic rings. The highest BCUT2D eigenvalue weighted by atomic mass is 19.4. The van der Waals surface area contributed by atoms with Crippen LogP contribution in [0.3, 0.4) is 0 Å². The number of carbonyl (C=O) groups excluding carboxylic acids is 1. The lowest BCUT2D eigenvalue weighted by molar-refractivity contribution is -0.143. The zero-order valence-electron chi connectivity index (χ0n) is 16.6. The van der Waals surface area contributed by atoms with Crippen molar-refractivity contribution in [1.29, 1.82) is 0 Å². The first-order chi connectivity index (χ1) is 14.0. The maximum atomic E-state index is 13.7. The van der Waals surface area contributed by atoms with E-state index in [1.165, 1.54) is 12.1 Å². The smallest absolute Gasteiger partial charge is 0.350 e. The Morgan fingerprint density at radius 1 is 1.10 bits per heavy atom. The molecule has 2 aromatic carbocycles. The second kappa shape index (κ2) is 7.89. The number of hydrogen-bond acceptors (Lipinski definition) is 3. The van der Waals surface area contributed by atoms with Crippen molar-refractivity contribution >= 4 is 5.91 Å². The van der Waals surface area contributed by atoms with Crippen molar-refractivity contribution in [1.82, 2.24) is 20.3 Å². The third-order valence-corrected chi connectivity index (χ3v) is 4.70. The van der Waals surface area contributed by atoms with E-state index in [-0.39, 0.29) is 12.2 Å². The summed E-state index contributed by atoms with van der Waals surface area (Å²) in [6, 6.07) is 12.1. The van der Waals surface area contributed by atoms with Crippen LogP contribution in [0.2, 0.25) is 0 Å². The number of rotatable bonds is 5. The lowest BCUT2D eigenvalue weighted by atomic mass is 9.84. The Morgan fingerprint density at radius 2 is 1.80 bits per heavy atom. The summed E-state index contributed by atoms with van der Waals surface area (Å²) in [6.45, 7) is 5.75. The number of hydrogen-bond donors (Lipinski definition) is 1. The van der Waals surface area contributed by atoms with Gasteiger partial charge in [-0.15, -0.1) is 5.10 Å². The van der Waals surface area contributed by atoms with Crippen LogP contribution in [0.5, 0.6) is 0 Å². The summed E-state index contributed by atoms with van der Waals surface area (Å²) >= 11 is 0. The summed E-state index contributed by atoms with van der Waals surface area (Å²) in [5.74, 6) is -1.74. The highest BCUT2D eigenvalue weighted by Crippen LogP contribution is 2.33. The molecule has 30 heavy (non-hydrogen) atoms. The van der Waals surface area contributed by atoms with E-state index in [0.29, 0.717) is 4.68 Å². The summed E-state index contributed by atoms with van der Waals surface area (Å²) in [5.41, 5.74) is -0.982. The molecule has 3 rings (SSSR count). The summed E-state index contributed by atoms with van der Waals surface area (Å²) in [5, 5.41) is 9.40. The third kappa shape index (κ3) is 4.50. The average molecular weight is 420 g/mol. The Balaban J connectivity index is 1.89. The molecule has 1 aromatic heterocycles. The number of halogens is 4. The molecule has 9 heteroatoms. The molecule has 0 bridgehead atoms. The zero-order valence-corrected chi connectivity index (χ0v) is 16.6. The van der Waals surface area contributed by atoms with Gasteiger partial charge < -0.3 is 5.32 Å². The largest absolute Gasteiger partial charge is 0.435 e. The Morgan fingerprint density at radius 3 is 2.43 bits per heavy atom. The molecular weight excluding hydrogens is 400 g/mol. The maximum absolute atomic E-state index is 13.7. The summed E-state index contributed by atoms with van der Waals surface area (Å²) in [6.07, 6.45) is -4.92. The van der Waals surface area contributed by atoms with Crippen LogP contribution >= 0.6 is 0 Å². The Labute approximate surface area is 170 Å². The van der Waals surface area contributed by atoms with E-state index in [9.17, 15) is 22.4 Å². The van der Waals surface area contributed by atoms with Crippen LogP contribution in [-0.4, -0.2) is 27.4 Å². The van der Waals surface area contributed by atoms with E-state index in [1.54, 1.807) is 0 Å². The third-order valence-electron chi connectivity index (χ3n) is 4.70. The molecule has 0 radical (unpaired) electrons. The minimum absolute atomic E-state index is 0.0827. The van der Waals surface area contributed by atoms with Gasteiger partial charge in [0.15, 0.2) is 11.4 Å². The number of benzene rings is 2. The van der Waals surface area contributed by atoms with Gasteiger partial charge in [0, 0.05) is 12.0 Å². The fraction of sp³-hybridized carbons (Fsp3) is 0.286. The van der Waals surface area contributed by atoms with Crippen LogP contribution in [-0.2, 0) is 11.6 Å². The van der Waals surface area contributed by atoms with Crippen LogP contribution in [0.1, 0.15) is 41.2 Å². The minimum Gasteiger partial charge on any atom is -0.350 e. The molecule has 1 heterocycles. The molecule has 0 aliphatic heterocycles. The van der Waals surface area contributed by atoms with Crippen LogP contribution in [0, 0.1) is 12.7 Å². The van der Waals surface area contributed by atoms with E-state index in [2.05, 4.69) is 15.6 Å². The molecule has 0 spiro atoms. The first kappa shape index (κ1) is 21.5. The predicted octanol–water partition coefficient (Wildman–Crippen LogP) is 4.44. The average Bonchev–Trinajstić information content (AvgIpc) is 3.12. The summed E-state index contributed by atoms with van der Waals surface area (Å²) in [7, 11) is 0. The number of alkyl halides is 3. The van der Waals surface area contributed by atoms with Gasteiger partial charge in [-0.2, -0.15) is 13.2 Å². The Kier molecular flexibility index (Phi) is 5.65. The fourth-order valence-electron chi connectivity index (χ4n) is 3.03. The molecule has 1 N–H and O–H groups in total. The number of nitrogens with zero attached hydrogens (tertiary/aromatic N) is 3. The highest BCUT2D eigenvalue weighted by molar-refractivity contribution is 5.93. The van der Waals surface area contributed by atoms with Gasteiger partial charge in [0.1, 0.15) is 5.82 Å². The standard InChI is InChI=1S/C21H20F4N4O/c1-13-6-4-7-14(10-13)20(2,3)12-26-19(30)17-18(21(23,24)25)29(28-27-17)16-9-5-8-15(22)11-16/h4-11H,12H2,1-3H3,(H,26,30). The predicted molar refractivity (Wildman–Crippen MR) is 103 cm³/mol. The van der Waals surface area contributed by atoms with Gasteiger partial charge in [0.2, 0.25) is 0 Å². The molecule has 158 valence electrons. The van der Waals surface area contributed by atoms with Crippen molar-refractivity contribution in [3.05, 3.63) is 76.9 Å². The number of aryl methyl sites for hydroxylation is 1. The molecule has 1 amide bonds. The van der Waals surface area contributed by atoms with Gasteiger partial charge in [0.05, 0.1) is 5.69 Å². The maximum Gasteiger partial charge on any atom is 0.435 e. The lowest BCUT2D eigenvalue weighted by Gasteiger charge is -2.26. The Bertz CT molecular complexity index is 1070. The van der Waals surface area contributed by atoms with Gasteiger partial charge in [-0.1, -0.05) is 55.0 Å². The van der Waals surface area contributed by atoms with Crippen LogP contribution < -0.4 is 5.32 Å². The monoisotopic (exact) mass is 420 g/mol. The van der Waals surface area contributed by atoms with Gasteiger partial charge in [-0.25, -0.2) is 9.07 Å². The zero-order chi connectivity index (χ0) is 22.1. The fourth-order valence-corrected chi connectivity index (χ4v) is 3.03. The van der Waals surface area contributed by atoms with E-state index in [0.717, 1.165) is 23.3 Å². The van der Waals surface area contributed by atoms with Gasteiger partial charge >= 0.3 is 6.18 Å². The quantitative estimate of drug-likeness (QED) is 0.621. The van der Waals surface area contributed by atoms with Crippen molar-refractivity contribution < 1.29 is 22.4 Å². The summed E-state index contributed by atoms with van der Waals surface area (Å²) in [4.78, 5) is 12.6. The SMILES string of the molecule is Cc1cccc(C(C)(C)CNC(=O)c2nnn(-c3cccc(F)c3)c2C(F)(F)F)c1.